The van der Waals surface area contributed by atoms with Gasteiger partial charge in [0.2, 0.25) is 10.4 Å². The second-order valence-corrected chi connectivity index (χ2v) is 4.47. The molecule has 0 bridgehead atoms. The molecule has 1 aromatic rings. The summed E-state index contributed by atoms with van der Waals surface area (Å²) in [6, 6.07) is 8.30. The molecule has 0 saturated heterocycles. The van der Waals surface area contributed by atoms with Crippen molar-refractivity contribution in [3.05, 3.63) is 35.9 Å². The highest BCUT2D eigenvalue weighted by Crippen LogP contribution is 2.29. The average molecular weight is 280 g/mol. The first-order valence-corrected chi connectivity index (χ1v) is 5.44. The minimum absolute atomic E-state index is 0.0394. The molecule has 1 atom stereocenters. The van der Waals surface area contributed by atoms with Gasteiger partial charge >= 0.3 is 0 Å². The number of carbonyl (C=O) groups is 1. The predicted octanol–water partition coefficient (Wildman–Crippen LogP) is 3.56. The molecule has 0 saturated carbocycles. The summed E-state index contributed by atoms with van der Waals surface area (Å²) >= 11 is 8.14. The third kappa shape index (κ3) is 2.79. The second-order valence-electron chi connectivity index (χ2n) is 2.84. The Hall–Kier alpha value is -0.410. The Bertz CT molecular complexity index is 313. The molecule has 0 N–H and O–H groups in total. The topological polar surface area (TPSA) is 17.1 Å². The summed E-state index contributed by atoms with van der Waals surface area (Å²) in [5.41, 5.74) is 0.344. The Kier molecular flexibility index (Phi) is 4.08. The maximum absolute atomic E-state index is 13.7. The zero-order valence-corrected chi connectivity index (χ0v) is 9.69. The molecule has 0 aromatic heterocycles. The molecule has 1 rings (SSSR count). The summed E-state index contributed by atoms with van der Waals surface area (Å²) in [5, 5.41) is 0. The van der Waals surface area contributed by atoms with Gasteiger partial charge in [0.05, 0.1) is 0 Å². The molecule has 0 amide bonds. The van der Waals surface area contributed by atoms with Crippen LogP contribution >= 0.6 is 27.5 Å². The van der Waals surface area contributed by atoms with Crippen molar-refractivity contribution in [3.8, 4) is 0 Å². The molecule has 0 heterocycles. The zero-order valence-electron chi connectivity index (χ0n) is 7.34. The summed E-state index contributed by atoms with van der Waals surface area (Å²) in [6.45, 7) is 0. The lowest BCUT2D eigenvalue weighted by Crippen LogP contribution is -2.27. The SMILES string of the molecule is O=C(c1ccccc1)[C@](F)(Br)CCCl. The molecular formula is C10H9BrClFO. The van der Waals surface area contributed by atoms with Gasteiger partial charge in [-0.05, 0) is 15.9 Å². The van der Waals surface area contributed by atoms with Crippen molar-refractivity contribution >= 4 is 33.3 Å². The van der Waals surface area contributed by atoms with Crippen molar-refractivity contribution < 1.29 is 9.18 Å². The lowest BCUT2D eigenvalue weighted by molar-refractivity contribution is 0.0844. The van der Waals surface area contributed by atoms with Crippen molar-refractivity contribution in [1.82, 2.24) is 0 Å². The second kappa shape index (κ2) is 4.89. The first-order valence-electron chi connectivity index (χ1n) is 4.11. The third-order valence-electron chi connectivity index (χ3n) is 1.78. The monoisotopic (exact) mass is 278 g/mol. The van der Waals surface area contributed by atoms with E-state index in [1.165, 1.54) is 0 Å². The van der Waals surface area contributed by atoms with Gasteiger partial charge in [-0.1, -0.05) is 30.3 Å². The third-order valence-corrected chi connectivity index (χ3v) is 2.72. The van der Waals surface area contributed by atoms with Crippen molar-refractivity contribution in [2.24, 2.45) is 0 Å². The van der Waals surface area contributed by atoms with E-state index in [-0.39, 0.29) is 12.3 Å². The number of rotatable bonds is 4. The summed E-state index contributed by atoms with van der Waals surface area (Å²) in [6.07, 6.45) is -0.0394. The van der Waals surface area contributed by atoms with Gasteiger partial charge in [-0.25, -0.2) is 4.39 Å². The van der Waals surface area contributed by atoms with Gasteiger partial charge in [-0.15, -0.1) is 11.6 Å². The van der Waals surface area contributed by atoms with Crippen LogP contribution in [-0.2, 0) is 0 Å². The molecule has 0 unspecified atom stereocenters. The zero-order chi connectivity index (χ0) is 10.6. The van der Waals surface area contributed by atoms with E-state index in [0.29, 0.717) is 5.56 Å². The maximum Gasteiger partial charge on any atom is 0.228 e. The van der Waals surface area contributed by atoms with E-state index < -0.39 is 10.4 Å². The van der Waals surface area contributed by atoms with Gasteiger partial charge in [-0.3, -0.25) is 4.79 Å². The van der Waals surface area contributed by atoms with E-state index in [1.54, 1.807) is 30.3 Å². The van der Waals surface area contributed by atoms with E-state index in [4.69, 9.17) is 11.6 Å². The van der Waals surface area contributed by atoms with Crippen LogP contribution in [0.2, 0.25) is 0 Å². The van der Waals surface area contributed by atoms with Crippen molar-refractivity contribution in [2.45, 2.75) is 11.0 Å². The number of hydrogen-bond acceptors (Lipinski definition) is 1. The minimum atomic E-state index is -2.05. The first kappa shape index (κ1) is 11.7. The van der Waals surface area contributed by atoms with E-state index in [2.05, 4.69) is 15.9 Å². The number of Topliss-reactive ketones (excluding diaryl/α,β-unsaturated/α-hetero) is 1. The van der Waals surface area contributed by atoms with Gasteiger partial charge in [0.15, 0.2) is 0 Å². The Labute approximate surface area is 95.4 Å². The molecule has 0 aliphatic carbocycles. The van der Waals surface area contributed by atoms with Crippen LogP contribution in [0.3, 0.4) is 0 Å². The smallest absolute Gasteiger partial charge is 0.228 e. The highest BCUT2D eigenvalue weighted by molar-refractivity contribution is 9.10. The molecule has 0 aliphatic rings. The first-order chi connectivity index (χ1) is 6.58. The number of alkyl halides is 3. The van der Waals surface area contributed by atoms with Gasteiger partial charge < -0.3 is 0 Å². The molecule has 1 aromatic carbocycles. The van der Waals surface area contributed by atoms with Crippen LogP contribution < -0.4 is 0 Å². The summed E-state index contributed by atoms with van der Waals surface area (Å²) in [5.74, 6) is -0.487. The van der Waals surface area contributed by atoms with Crippen molar-refractivity contribution in [1.29, 1.82) is 0 Å². The fourth-order valence-corrected chi connectivity index (χ4v) is 1.95. The fourth-order valence-electron chi connectivity index (χ4n) is 1.03. The quantitative estimate of drug-likeness (QED) is 0.608. The predicted molar refractivity (Wildman–Crippen MR) is 58.9 cm³/mol. The van der Waals surface area contributed by atoms with Crippen LogP contribution in [0.1, 0.15) is 16.8 Å². The summed E-state index contributed by atoms with van der Waals surface area (Å²) in [4.78, 5) is 11.6. The fraction of sp³-hybridized carbons (Fsp3) is 0.300. The number of halogens is 3. The Balaban J connectivity index is 2.85. The number of ketones is 1. The summed E-state index contributed by atoms with van der Waals surface area (Å²) < 4.78 is 11.6. The molecule has 0 spiro atoms. The van der Waals surface area contributed by atoms with Gasteiger partial charge in [-0.2, -0.15) is 0 Å². The molecule has 0 aliphatic heterocycles. The molecule has 0 radical (unpaired) electrons. The molecule has 1 nitrogen and oxygen atoms in total. The molecule has 4 heteroatoms. The number of benzene rings is 1. The Morgan fingerprint density at radius 2 is 2.00 bits per heavy atom. The van der Waals surface area contributed by atoms with Crippen molar-refractivity contribution in [2.75, 3.05) is 5.88 Å². The van der Waals surface area contributed by atoms with Crippen LogP contribution in [0.25, 0.3) is 0 Å². The van der Waals surface area contributed by atoms with E-state index in [9.17, 15) is 9.18 Å². The molecule has 14 heavy (non-hydrogen) atoms. The normalized spacial score (nSPS) is 14.8. The summed E-state index contributed by atoms with van der Waals surface area (Å²) in [7, 11) is 0. The van der Waals surface area contributed by atoms with Crippen LogP contribution in [0.15, 0.2) is 30.3 Å². The van der Waals surface area contributed by atoms with E-state index in [0.717, 1.165) is 0 Å². The number of carbonyl (C=O) groups excluding carboxylic acids is 1. The van der Waals surface area contributed by atoms with Crippen LogP contribution in [-0.4, -0.2) is 16.2 Å². The molecule has 76 valence electrons. The largest absolute Gasteiger partial charge is 0.290 e. The van der Waals surface area contributed by atoms with Crippen LogP contribution in [0, 0.1) is 0 Å². The maximum atomic E-state index is 13.7. The van der Waals surface area contributed by atoms with Crippen LogP contribution in [0.5, 0.6) is 0 Å². The molecule has 0 fully saturated rings. The highest BCUT2D eigenvalue weighted by atomic mass is 79.9. The van der Waals surface area contributed by atoms with E-state index >= 15 is 0 Å². The average Bonchev–Trinajstić information content (AvgIpc) is 2.18. The van der Waals surface area contributed by atoms with Gasteiger partial charge in [0.25, 0.3) is 0 Å². The Morgan fingerprint density at radius 1 is 1.43 bits per heavy atom. The van der Waals surface area contributed by atoms with Crippen LogP contribution in [0.4, 0.5) is 4.39 Å². The standard InChI is InChI=1S/C10H9BrClFO/c11-10(13,6-7-12)9(14)8-4-2-1-3-5-8/h1-5H,6-7H2/t10-/m0/s1. The van der Waals surface area contributed by atoms with Gasteiger partial charge in [0, 0.05) is 17.9 Å². The lowest BCUT2D eigenvalue weighted by atomic mass is 10.1. The lowest BCUT2D eigenvalue weighted by Gasteiger charge is -2.15. The number of hydrogen-bond donors (Lipinski definition) is 0. The van der Waals surface area contributed by atoms with Crippen molar-refractivity contribution in [3.63, 3.8) is 0 Å². The minimum Gasteiger partial charge on any atom is -0.290 e. The van der Waals surface area contributed by atoms with E-state index in [1.807, 2.05) is 0 Å². The Morgan fingerprint density at radius 3 is 2.50 bits per heavy atom. The van der Waals surface area contributed by atoms with Gasteiger partial charge in [0.1, 0.15) is 0 Å². The highest BCUT2D eigenvalue weighted by Gasteiger charge is 2.35. The molecular weight excluding hydrogens is 270 g/mol.